The smallest absolute Gasteiger partial charge is 0.490 e. The Hall–Kier alpha value is -4.46. The van der Waals surface area contributed by atoms with Crippen molar-refractivity contribution in [3.63, 3.8) is 0 Å². The van der Waals surface area contributed by atoms with E-state index in [9.17, 15) is 13.2 Å². The van der Waals surface area contributed by atoms with Crippen molar-refractivity contribution >= 4 is 40.3 Å². The molecule has 4 rings (SSSR count). The summed E-state index contributed by atoms with van der Waals surface area (Å²) < 4.78 is 54.4. The number of rotatable bonds is 5. The third kappa shape index (κ3) is 6.22. The number of carboxylic acid groups (broad SMARTS) is 1. The third-order valence-corrected chi connectivity index (χ3v) is 6.81. The summed E-state index contributed by atoms with van der Waals surface area (Å²) in [6.07, 6.45) is -3.68. The van der Waals surface area contributed by atoms with Gasteiger partial charge in [0, 0.05) is 30.2 Å². The monoisotopic (exact) mass is 609 g/mol. The quantitative estimate of drug-likeness (QED) is 0.150. The summed E-state index contributed by atoms with van der Waals surface area (Å²) in [4.78, 5) is 18.9. The normalized spacial score (nSPS) is 12.0. The van der Waals surface area contributed by atoms with E-state index in [1.54, 1.807) is 42.9 Å². The summed E-state index contributed by atoms with van der Waals surface area (Å²) in [5.74, 6) is -2.26. The number of halogens is 5. The van der Waals surface area contributed by atoms with E-state index in [4.69, 9.17) is 37.4 Å². The summed E-state index contributed by atoms with van der Waals surface area (Å²) in [6, 6.07) is 6.28. The lowest BCUT2D eigenvalue weighted by Gasteiger charge is -2.22. The summed E-state index contributed by atoms with van der Waals surface area (Å²) in [7, 11) is 4.97. The molecule has 1 atom stereocenters. The van der Waals surface area contributed by atoms with E-state index in [1.807, 2.05) is 26.8 Å². The SMILES string of the molecule is COc1c(C(C)n2nc(C)c3c(N)ncnc32)cc(Cl)c(C)c1-c1ccc(C(=N)N(C)C)c(F)c1.O=C(O)C(F)(F)F. The predicted molar refractivity (Wildman–Crippen MR) is 151 cm³/mol. The minimum Gasteiger partial charge on any atom is -0.496 e. The van der Waals surface area contributed by atoms with Gasteiger partial charge in [0.15, 0.2) is 5.65 Å². The Bertz CT molecular complexity index is 1670. The average molecular weight is 610 g/mol. The number of aliphatic carboxylic acids is 1. The molecule has 0 amide bonds. The van der Waals surface area contributed by atoms with Crippen LogP contribution in [0.3, 0.4) is 0 Å². The Kier molecular flexibility index (Phi) is 9.30. The van der Waals surface area contributed by atoms with E-state index in [0.717, 1.165) is 11.1 Å². The number of carboxylic acids is 1. The number of benzene rings is 2. The fourth-order valence-corrected chi connectivity index (χ4v) is 4.51. The molecule has 0 aliphatic heterocycles. The number of carbonyl (C=O) groups is 1. The Morgan fingerprint density at radius 1 is 1.21 bits per heavy atom. The number of nitrogens with one attached hydrogen (secondary N) is 1. The molecule has 0 aliphatic carbocycles. The van der Waals surface area contributed by atoms with Crippen molar-refractivity contribution in [2.75, 3.05) is 26.9 Å². The van der Waals surface area contributed by atoms with Gasteiger partial charge in [0.05, 0.1) is 29.8 Å². The zero-order valence-electron chi connectivity index (χ0n) is 23.4. The van der Waals surface area contributed by atoms with Crippen LogP contribution in [0, 0.1) is 25.1 Å². The molecule has 0 saturated carbocycles. The van der Waals surface area contributed by atoms with Crippen molar-refractivity contribution in [1.29, 1.82) is 5.41 Å². The number of hydrogen-bond acceptors (Lipinski definition) is 7. The van der Waals surface area contributed by atoms with E-state index in [2.05, 4.69) is 15.1 Å². The van der Waals surface area contributed by atoms with Crippen molar-refractivity contribution in [3.05, 3.63) is 63.8 Å². The molecule has 0 radical (unpaired) electrons. The Labute approximate surface area is 243 Å². The fourth-order valence-electron chi connectivity index (χ4n) is 4.30. The Morgan fingerprint density at radius 2 is 1.83 bits per heavy atom. The van der Waals surface area contributed by atoms with Gasteiger partial charge >= 0.3 is 12.1 Å². The molecule has 0 spiro atoms. The first kappa shape index (κ1) is 32.1. The van der Waals surface area contributed by atoms with Crippen LogP contribution in [0.15, 0.2) is 30.6 Å². The average Bonchev–Trinajstić information content (AvgIpc) is 3.26. The Morgan fingerprint density at radius 3 is 2.36 bits per heavy atom. The molecule has 224 valence electrons. The maximum absolute atomic E-state index is 15.1. The lowest BCUT2D eigenvalue weighted by atomic mass is 9.93. The number of methoxy groups -OCH3 is 1. The van der Waals surface area contributed by atoms with Crippen LogP contribution in [0.1, 0.15) is 35.3 Å². The van der Waals surface area contributed by atoms with Crippen molar-refractivity contribution in [2.24, 2.45) is 0 Å². The van der Waals surface area contributed by atoms with Crippen molar-refractivity contribution in [3.8, 4) is 16.9 Å². The van der Waals surface area contributed by atoms with Gasteiger partial charge in [-0.15, -0.1) is 0 Å². The first-order chi connectivity index (χ1) is 19.5. The van der Waals surface area contributed by atoms with Crippen LogP contribution in [0.2, 0.25) is 5.02 Å². The molecule has 0 aliphatic rings. The number of aryl methyl sites for hydroxylation is 1. The van der Waals surface area contributed by atoms with Crippen LogP contribution in [0.5, 0.6) is 5.75 Å². The van der Waals surface area contributed by atoms with E-state index < -0.39 is 18.0 Å². The van der Waals surface area contributed by atoms with Crippen LogP contribution in [-0.2, 0) is 4.79 Å². The van der Waals surface area contributed by atoms with Crippen LogP contribution in [0.25, 0.3) is 22.2 Å². The highest BCUT2D eigenvalue weighted by Crippen LogP contribution is 2.44. The van der Waals surface area contributed by atoms with Gasteiger partial charge in [-0.05, 0) is 50.1 Å². The number of fused-ring (bicyclic) bond motifs is 1. The molecule has 0 saturated heterocycles. The first-order valence-electron chi connectivity index (χ1n) is 12.2. The third-order valence-electron chi connectivity index (χ3n) is 6.42. The molecule has 4 aromatic rings. The van der Waals surface area contributed by atoms with Crippen molar-refractivity contribution in [2.45, 2.75) is 33.0 Å². The van der Waals surface area contributed by atoms with Gasteiger partial charge in [0.2, 0.25) is 0 Å². The van der Waals surface area contributed by atoms with Crippen LogP contribution in [0.4, 0.5) is 23.4 Å². The maximum Gasteiger partial charge on any atom is 0.490 e. The highest BCUT2D eigenvalue weighted by Gasteiger charge is 2.38. The number of aromatic nitrogens is 4. The van der Waals surface area contributed by atoms with E-state index >= 15 is 4.39 Å². The standard InChI is InChI=1S/C25H27ClFN7O.C2HF3O2/c1-12-18(26)10-17(14(3)34-25-21(13(2)32-34)23(28)30-11-31-25)22(35-6)20(12)15-7-8-16(19(27)9-15)24(29)33(4)5;3-2(4,5)1(6)7/h7-11,14,29H,1-6H3,(H2,28,30,31);(H,6,7). The number of alkyl halides is 3. The van der Waals surface area contributed by atoms with Gasteiger partial charge in [-0.3, -0.25) is 5.41 Å². The Balaban J connectivity index is 0.000000616. The minimum absolute atomic E-state index is 0.0836. The predicted octanol–water partition coefficient (Wildman–Crippen LogP) is 5.62. The number of nitrogens with zero attached hydrogens (tertiary/aromatic N) is 5. The van der Waals surface area contributed by atoms with Gasteiger partial charge < -0.3 is 20.5 Å². The minimum atomic E-state index is -5.08. The first-order valence-corrected chi connectivity index (χ1v) is 12.6. The second kappa shape index (κ2) is 12.2. The van der Waals surface area contributed by atoms with E-state index in [1.165, 1.54) is 12.4 Å². The number of amidine groups is 1. The van der Waals surface area contributed by atoms with Gasteiger partial charge in [-0.2, -0.15) is 18.3 Å². The fraction of sp³-hybridized carbons (Fsp3) is 0.296. The largest absolute Gasteiger partial charge is 0.496 e. The number of ether oxygens (including phenoxy) is 1. The molecule has 2 aromatic carbocycles. The molecule has 0 fully saturated rings. The summed E-state index contributed by atoms with van der Waals surface area (Å²) in [5.41, 5.74) is 10.4. The summed E-state index contributed by atoms with van der Waals surface area (Å²) >= 11 is 6.68. The molecule has 2 heterocycles. The second-order valence-electron chi connectivity index (χ2n) is 9.38. The zero-order chi connectivity index (χ0) is 31.7. The molecule has 0 bridgehead atoms. The molecule has 42 heavy (non-hydrogen) atoms. The number of nitrogen functional groups attached to an aromatic ring is 1. The lowest BCUT2D eigenvalue weighted by Crippen LogP contribution is -2.22. The maximum atomic E-state index is 15.1. The summed E-state index contributed by atoms with van der Waals surface area (Å²) in [5, 5.41) is 21.1. The second-order valence-corrected chi connectivity index (χ2v) is 9.79. The molecular formula is C27H28ClF4N7O3. The van der Waals surface area contributed by atoms with E-state index in [-0.39, 0.29) is 17.4 Å². The molecular weight excluding hydrogens is 582 g/mol. The zero-order valence-corrected chi connectivity index (χ0v) is 24.2. The number of nitrogens with two attached hydrogens (primary N) is 1. The highest BCUT2D eigenvalue weighted by atomic mass is 35.5. The lowest BCUT2D eigenvalue weighted by molar-refractivity contribution is -0.192. The molecule has 1 unspecified atom stereocenters. The molecule has 10 nitrogen and oxygen atoms in total. The van der Waals surface area contributed by atoms with E-state index in [0.29, 0.717) is 44.4 Å². The van der Waals surface area contributed by atoms with Gasteiger partial charge in [0.1, 0.15) is 29.5 Å². The van der Waals surface area contributed by atoms with Crippen molar-refractivity contribution in [1.82, 2.24) is 24.6 Å². The van der Waals surface area contributed by atoms with Gasteiger partial charge in [-0.25, -0.2) is 23.8 Å². The highest BCUT2D eigenvalue weighted by molar-refractivity contribution is 6.32. The van der Waals surface area contributed by atoms with Crippen LogP contribution < -0.4 is 10.5 Å². The number of anilines is 1. The number of hydrogen-bond donors (Lipinski definition) is 3. The topological polar surface area (TPSA) is 143 Å². The molecule has 4 N–H and O–H groups in total. The summed E-state index contributed by atoms with van der Waals surface area (Å²) in [6.45, 7) is 5.68. The van der Waals surface area contributed by atoms with Crippen LogP contribution in [-0.4, -0.2) is 68.9 Å². The van der Waals surface area contributed by atoms with Gasteiger partial charge in [-0.1, -0.05) is 17.7 Å². The van der Waals surface area contributed by atoms with Gasteiger partial charge in [0.25, 0.3) is 0 Å². The van der Waals surface area contributed by atoms with Crippen LogP contribution >= 0.6 is 11.6 Å². The van der Waals surface area contributed by atoms with Crippen molar-refractivity contribution < 1.29 is 32.2 Å². The molecule has 2 aromatic heterocycles. The molecule has 15 heteroatoms.